The average molecular weight is 270 g/mol. The van der Waals surface area contributed by atoms with Crippen molar-refractivity contribution in [1.82, 2.24) is 0 Å². The zero-order valence-corrected chi connectivity index (χ0v) is 12.3. The van der Waals surface area contributed by atoms with E-state index in [1.165, 1.54) is 0 Å². The quantitative estimate of drug-likeness (QED) is 0.636. The van der Waals surface area contributed by atoms with E-state index in [-0.39, 0.29) is 12.0 Å². The standard InChI is InChI=1S/C17H22N2O/c1-4-17(20)14(2)9-8-12-16(13-18)19(3)15-10-6-5-7-11-15/h5-12,14,17,20H,4H2,1-3H3/b9-8-,16-12+. The van der Waals surface area contributed by atoms with Gasteiger partial charge in [0, 0.05) is 18.7 Å². The molecule has 1 rings (SSSR count). The van der Waals surface area contributed by atoms with Gasteiger partial charge in [-0.15, -0.1) is 0 Å². The van der Waals surface area contributed by atoms with Crippen LogP contribution in [0.4, 0.5) is 5.69 Å². The third-order valence-electron chi connectivity index (χ3n) is 3.31. The summed E-state index contributed by atoms with van der Waals surface area (Å²) in [6.07, 6.45) is 5.92. The Kier molecular flexibility index (Phi) is 6.55. The van der Waals surface area contributed by atoms with Crippen molar-refractivity contribution < 1.29 is 5.11 Å². The van der Waals surface area contributed by atoms with Gasteiger partial charge in [0.05, 0.1) is 6.10 Å². The number of benzene rings is 1. The fourth-order valence-electron chi connectivity index (χ4n) is 1.84. The second-order valence-electron chi connectivity index (χ2n) is 4.78. The Bertz CT molecular complexity index is 499. The van der Waals surface area contributed by atoms with Gasteiger partial charge in [-0.05, 0) is 24.6 Å². The highest BCUT2D eigenvalue weighted by Gasteiger charge is 2.08. The molecule has 0 amide bonds. The molecule has 2 unspecified atom stereocenters. The largest absolute Gasteiger partial charge is 0.393 e. The maximum atomic E-state index is 9.69. The van der Waals surface area contributed by atoms with E-state index in [1.54, 1.807) is 6.08 Å². The first-order valence-electron chi connectivity index (χ1n) is 6.85. The van der Waals surface area contributed by atoms with Crippen LogP contribution in [0, 0.1) is 17.2 Å². The Morgan fingerprint density at radius 2 is 2.05 bits per heavy atom. The normalized spacial score (nSPS) is 14.8. The van der Waals surface area contributed by atoms with Gasteiger partial charge in [0.15, 0.2) is 0 Å². The van der Waals surface area contributed by atoms with Crippen molar-refractivity contribution in [2.45, 2.75) is 26.4 Å². The molecule has 0 aromatic heterocycles. The van der Waals surface area contributed by atoms with E-state index in [4.69, 9.17) is 0 Å². The summed E-state index contributed by atoms with van der Waals surface area (Å²) in [7, 11) is 1.86. The number of hydrogen-bond acceptors (Lipinski definition) is 3. The first-order chi connectivity index (χ1) is 9.60. The van der Waals surface area contributed by atoms with Crippen molar-refractivity contribution in [2.75, 3.05) is 11.9 Å². The Balaban J connectivity index is 2.79. The number of nitrogens with zero attached hydrogens (tertiary/aromatic N) is 2. The van der Waals surface area contributed by atoms with Gasteiger partial charge in [-0.25, -0.2) is 0 Å². The molecular formula is C17H22N2O. The number of para-hydroxylation sites is 1. The molecule has 106 valence electrons. The lowest BCUT2D eigenvalue weighted by atomic mass is 10.0. The molecule has 0 heterocycles. The molecule has 2 atom stereocenters. The second kappa shape index (κ2) is 8.19. The molecular weight excluding hydrogens is 248 g/mol. The highest BCUT2D eigenvalue weighted by molar-refractivity contribution is 5.54. The zero-order chi connectivity index (χ0) is 15.0. The lowest BCUT2D eigenvalue weighted by Gasteiger charge is -2.17. The molecule has 0 saturated carbocycles. The van der Waals surface area contributed by atoms with E-state index in [9.17, 15) is 10.4 Å². The van der Waals surface area contributed by atoms with Gasteiger partial charge in [0.1, 0.15) is 11.8 Å². The molecule has 0 aliphatic rings. The lowest BCUT2D eigenvalue weighted by molar-refractivity contribution is 0.134. The third-order valence-corrected chi connectivity index (χ3v) is 3.31. The van der Waals surface area contributed by atoms with E-state index in [1.807, 2.05) is 68.3 Å². The van der Waals surface area contributed by atoms with Crippen molar-refractivity contribution in [3.05, 3.63) is 54.3 Å². The summed E-state index contributed by atoms with van der Waals surface area (Å²) in [5, 5.41) is 18.9. The molecule has 0 saturated heterocycles. The van der Waals surface area contributed by atoms with E-state index in [0.717, 1.165) is 12.1 Å². The van der Waals surface area contributed by atoms with Gasteiger partial charge in [0.25, 0.3) is 0 Å². The maximum Gasteiger partial charge on any atom is 0.120 e. The molecule has 0 spiro atoms. The number of aliphatic hydroxyl groups is 1. The highest BCUT2D eigenvalue weighted by Crippen LogP contribution is 2.16. The van der Waals surface area contributed by atoms with Gasteiger partial charge in [-0.1, -0.05) is 44.2 Å². The molecule has 3 nitrogen and oxygen atoms in total. The molecule has 0 aliphatic carbocycles. The van der Waals surface area contributed by atoms with E-state index >= 15 is 0 Å². The Hall–Kier alpha value is -2.05. The van der Waals surface area contributed by atoms with Crippen LogP contribution in [0.3, 0.4) is 0 Å². The Morgan fingerprint density at radius 3 is 2.60 bits per heavy atom. The monoisotopic (exact) mass is 270 g/mol. The summed E-state index contributed by atoms with van der Waals surface area (Å²) < 4.78 is 0. The molecule has 0 bridgehead atoms. The summed E-state index contributed by atoms with van der Waals surface area (Å²) in [6, 6.07) is 11.9. The van der Waals surface area contributed by atoms with Gasteiger partial charge in [-0.3, -0.25) is 0 Å². The number of aliphatic hydroxyl groups excluding tert-OH is 1. The van der Waals surface area contributed by atoms with Crippen LogP contribution in [0.2, 0.25) is 0 Å². The molecule has 1 N–H and O–H groups in total. The predicted octanol–water partition coefficient (Wildman–Crippen LogP) is 3.49. The fourth-order valence-corrected chi connectivity index (χ4v) is 1.84. The highest BCUT2D eigenvalue weighted by atomic mass is 16.3. The predicted molar refractivity (Wildman–Crippen MR) is 83.1 cm³/mol. The molecule has 1 aromatic rings. The SMILES string of the molecule is CCC(O)C(C)/C=C\C=C(/C#N)N(C)c1ccccc1. The van der Waals surface area contributed by atoms with Crippen LogP contribution in [0.15, 0.2) is 54.3 Å². The number of hydrogen-bond donors (Lipinski definition) is 1. The van der Waals surface area contributed by atoms with Crippen molar-refractivity contribution in [2.24, 2.45) is 5.92 Å². The Morgan fingerprint density at radius 1 is 1.40 bits per heavy atom. The van der Waals surface area contributed by atoms with Crippen LogP contribution in [0.1, 0.15) is 20.3 Å². The first-order valence-corrected chi connectivity index (χ1v) is 6.85. The van der Waals surface area contributed by atoms with Crippen LogP contribution in [-0.4, -0.2) is 18.3 Å². The fraction of sp³-hybridized carbons (Fsp3) is 0.353. The average Bonchev–Trinajstić information content (AvgIpc) is 2.50. The third kappa shape index (κ3) is 4.56. The second-order valence-corrected chi connectivity index (χ2v) is 4.78. The van der Waals surface area contributed by atoms with Gasteiger partial charge < -0.3 is 10.0 Å². The van der Waals surface area contributed by atoms with Crippen molar-refractivity contribution in [3.8, 4) is 6.07 Å². The van der Waals surface area contributed by atoms with Crippen LogP contribution < -0.4 is 4.90 Å². The van der Waals surface area contributed by atoms with Crippen molar-refractivity contribution in [3.63, 3.8) is 0 Å². The minimum Gasteiger partial charge on any atom is -0.393 e. The van der Waals surface area contributed by atoms with Crippen LogP contribution in [-0.2, 0) is 0 Å². The molecule has 20 heavy (non-hydrogen) atoms. The summed E-state index contributed by atoms with van der Waals surface area (Å²) in [6.45, 7) is 3.92. The zero-order valence-electron chi connectivity index (χ0n) is 12.3. The van der Waals surface area contributed by atoms with Gasteiger partial charge in [0.2, 0.25) is 0 Å². The molecule has 0 radical (unpaired) electrons. The summed E-state index contributed by atoms with van der Waals surface area (Å²) >= 11 is 0. The first kappa shape index (κ1) is 16.0. The molecule has 0 fully saturated rings. The molecule has 1 aromatic carbocycles. The maximum absolute atomic E-state index is 9.69. The smallest absolute Gasteiger partial charge is 0.120 e. The van der Waals surface area contributed by atoms with E-state index < -0.39 is 0 Å². The minimum absolute atomic E-state index is 0.0817. The van der Waals surface area contributed by atoms with Gasteiger partial charge >= 0.3 is 0 Å². The van der Waals surface area contributed by atoms with Crippen LogP contribution in [0.25, 0.3) is 0 Å². The summed E-state index contributed by atoms with van der Waals surface area (Å²) in [4.78, 5) is 1.84. The lowest BCUT2D eigenvalue weighted by Crippen LogP contribution is -2.15. The number of rotatable bonds is 6. The summed E-state index contributed by atoms with van der Waals surface area (Å²) in [5.41, 5.74) is 1.53. The Labute approximate surface area is 121 Å². The van der Waals surface area contributed by atoms with Gasteiger partial charge in [-0.2, -0.15) is 5.26 Å². The van der Waals surface area contributed by atoms with E-state index in [2.05, 4.69) is 6.07 Å². The topological polar surface area (TPSA) is 47.3 Å². The van der Waals surface area contributed by atoms with Crippen LogP contribution >= 0.6 is 0 Å². The number of anilines is 1. The van der Waals surface area contributed by atoms with Crippen molar-refractivity contribution in [1.29, 1.82) is 5.26 Å². The van der Waals surface area contributed by atoms with Crippen molar-refractivity contribution >= 4 is 5.69 Å². The number of allylic oxidation sites excluding steroid dienone is 3. The molecule has 3 heteroatoms. The number of nitriles is 1. The minimum atomic E-state index is -0.336. The van der Waals surface area contributed by atoms with E-state index in [0.29, 0.717) is 5.70 Å². The summed E-state index contributed by atoms with van der Waals surface area (Å²) in [5.74, 6) is 0.0817. The van der Waals surface area contributed by atoms with Crippen LogP contribution in [0.5, 0.6) is 0 Å². The molecule has 0 aliphatic heterocycles.